The molecule has 2 aromatic carbocycles. The molecule has 6 nitrogen and oxygen atoms in total. The number of nitrogens with zero attached hydrogens (tertiary/aromatic N) is 1. The second-order valence-corrected chi connectivity index (χ2v) is 8.83. The lowest BCUT2D eigenvalue weighted by Gasteiger charge is -2.30. The van der Waals surface area contributed by atoms with Crippen LogP contribution in [-0.4, -0.2) is 42.4 Å². The molecule has 2 N–H and O–H groups in total. The number of hydrogen-bond donors (Lipinski definition) is 2. The molecule has 0 aliphatic heterocycles. The zero-order chi connectivity index (χ0) is 20.9. The smallest absolute Gasteiger partial charge is 0.243 e. The summed E-state index contributed by atoms with van der Waals surface area (Å²) in [5.41, 5.74) is 1.40. The molecule has 0 saturated heterocycles. The zero-order valence-corrected chi connectivity index (χ0v) is 17.4. The van der Waals surface area contributed by atoms with Gasteiger partial charge >= 0.3 is 0 Å². The summed E-state index contributed by atoms with van der Waals surface area (Å²) in [6.45, 7) is 6.68. The highest BCUT2D eigenvalue weighted by Crippen LogP contribution is 2.24. The second-order valence-electron chi connectivity index (χ2n) is 6.94. The van der Waals surface area contributed by atoms with Gasteiger partial charge in [0.25, 0.3) is 0 Å². The summed E-state index contributed by atoms with van der Waals surface area (Å²) in [4.78, 5) is 11.2. The first kappa shape index (κ1) is 22.1. The molecule has 0 unspecified atom stereocenters. The number of sulfonamides is 1. The Morgan fingerprint density at radius 2 is 1.61 bits per heavy atom. The van der Waals surface area contributed by atoms with Gasteiger partial charge in [0, 0.05) is 31.1 Å². The number of nitrogens with one attached hydrogen (secondary N) is 1. The van der Waals surface area contributed by atoms with E-state index < -0.39 is 16.1 Å². The molecule has 0 saturated carbocycles. The van der Waals surface area contributed by atoms with E-state index in [1.54, 1.807) is 32.9 Å². The molecule has 0 fully saturated rings. The monoisotopic (exact) mass is 403 g/mol. The van der Waals surface area contributed by atoms with Crippen LogP contribution < -0.4 is 5.32 Å². The van der Waals surface area contributed by atoms with E-state index in [0.717, 1.165) is 5.56 Å². The number of rotatable bonds is 8. The summed E-state index contributed by atoms with van der Waals surface area (Å²) in [7, 11) is -3.81. The lowest BCUT2D eigenvalue weighted by molar-refractivity contribution is -0.114. The summed E-state index contributed by atoms with van der Waals surface area (Å²) < 4.78 is 27.5. The van der Waals surface area contributed by atoms with Crippen molar-refractivity contribution in [3.05, 3.63) is 66.1 Å². The number of carbonyl (C=O) groups is 1. The van der Waals surface area contributed by atoms with Gasteiger partial charge in [-0.1, -0.05) is 37.3 Å². The highest BCUT2D eigenvalue weighted by molar-refractivity contribution is 7.89. The van der Waals surface area contributed by atoms with Gasteiger partial charge < -0.3 is 10.4 Å². The minimum atomic E-state index is -3.81. The van der Waals surface area contributed by atoms with Crippen molar-refractivity contribution in [1.82, 2.24) is 4.31 Å². The Kier molecular flexibility index (Phi) is 7.35. The predicted octanol–water partition coefficient (Wildman–Crippen LogP) is 3.05. The average Bonchev–Trinajstić information content (AvgIpc) is 2.65. The Bertz CT molecular complexity index is 880. The molecular weight excluding hydrogens is 376 g/mol. The fourth-order valence-electron chi connectivity index (χ4n) is 2.84. The van der Waals surface area contributed by atoms with Crippen molar-refractivity contribution in [2.75, 3.05) is 11.9 Å². The summed E-state index contributed by atoms with van der Waals surface area (Å²) >= 11 is 0. The van der Waals surface area contributed by atoms with Gasteiger partial charge in [0.2, 0.25) is 15.9 Å². The van der Waals surface area contributed by atoms with Gasteiger partial charge in [-0.3, -0.25) is 4.79 Å². The fourth-order valence-corrected chi connectivity index (χ4v) is 4.48. The fraction of sp³-hybridized carbons (Fsp3) is 0.333. The standard InChI is InChI=1S/C21H27N2O4S/c1-15(2)23(14-21(25)16(3)18-8-6-5-7-9-18)28(26,27)20-12-10-19(11-13-20)22-17(4)24/h5-13,15,21,25H,14H2,1-4H3,(H,22,24)/t21-/m0/s1. The van der Waals surface area contributed by atoms with Crippen LogP contribution in [0.2, 0.25) is 0 Å². The Hall–Kier alpha value is -2.22. The third-order valence-electron chi connectivity index (χ3n) is 4.44. The molecule has 0 aliphatic rings. The van der Waals surface area contributed by atoms with Crippen molar-refractivity contribution in [3.63, 3.8) is 0 Å². The van der Waals surface area contributed by atoms with Crippen molar-refractivity contribution >= 4 is 21.6 Å². The molecule has 0 spiro atoms. The third-order valence-corrected chi connectivity index (χ3v) is 6.50. The second kappa shape index (κ2) is 9.32. The van der Waals surface area contributed by atoms with Crippen LogP contribution in [0, 0.1) is 5.92 Å². The minimum Gasteiger partial charge on any atom is -0.391 e. The highest BCUT2D eigenvalue weighted by atomic mass is 32.2. The molecule has 1 atom stereocenters. The summed E-state index contributed by atoms with van der Waals surface area (Å²) in [6, 6.07) is 15.1. The molecule has 151 valence electrons. The molecule has 1 amide bonds. The minimum absolute atomic E-state index is 0.0474. The van der Waals surface area contributed by atoms with Crippen molar-refractivity contribution in [1.29, 1.82) is 0 Å². The van der Waals surface area contributed by atoms with Crippen molar-refractivity contribution in [2.45, 2.75) is 44.7 Å². The normalized spacial score (nSPS) is 13.1. The predicted molar refractivity (Wildman–Crippen MR) is 110 cm³/mol. The van der Waals surface area contributed by atoms with E-state index in [9.17, 15) is 18.3 Å². The van der Waals surface area contributed by atoms with Crippen molar-refractivity contribution in [3.8, 4) is 0 Å². The molecule has 28 heavy (non-hydrogen) atoms. The number of benzene rings is 2. The largest absolute Gasteiger partial charge is 0.391 e. The van der Waals surface area contributed by atoms with Gasteiger partial charge in [0.1, 0.15) is 0 Å². The maximum Gasteiger partial charge on any atom is 0.243 e. The van der Waals surface area contributed by atoms with E-state index in [4.69, 9.17) is 0 Å². The quantitative estimate of drug-likeness (QED) is 0.709. The molecule has 0 aliphatic carbocycles. The topological polar surface area (TPSA) is 86.7 Å². The summed E-state index contributed by atoms with van der Waals surface area (Å²) in [6.07, 6.45) is -0.932. The highest BCUT2D eigenvalue weighted by Gasteiger charge is 2.31. The van der Waals surface area contributed by atoms with Gasteiger partial charge in [0.05, 0.1) is 11.0 Å². The first-order valence-electron chi connectivity index (χ1n) is 9.09. The molecule has 1 radical (unpaired) electrons. The molecule has 2 rings (SSSR count). The lowest BCUT2D eigenvalue weighted by Crippen LogP contribution is -2.43. The Morgan fingerprint density at radius 1 is 1.04 bits per heavy atom. The first-order chi connectivity index (χ1) is 13.1. The maximum atomic E-state index is 13.1. The van der Waals surface area contributed by atoms with Gasteiger partial charge in [0.15, 0.2) is 0 Å². The summed E-state index contributed by atoms with van der Waals surface area (Å²) in [5, 5.41) is 13.3. The van der Waals surface area contributed by atoms with E-state index in [0.29, 0.717) is 11.6 Å². The number of carbonyl (C=O) groups excluding carboxylic acids is 1. The van der Waals surface area contributed by atoms with Crippen LogP contribution in [0.5, 0.6) is 0 Å². The maximum absolute atomic E-state index is 13.1. The Morgan fingerprint density at radius 3 is 2.11 bits per heavy atom. The van der Waals surface area contributed by atoms with Crippen molar-refractivity contribution in [2.24, 2.45) is 0 Å². The van der Waals surface area contributed by atoms with Crippen LogP contribution in [0.3, 0.4) is 0 Å². The Labute approximate surface area is 167 Å². The molecule has 7 heteroatoms. The SMILES string of the molecule is C[C](c1ccccc1)[C@@H](O)CN(C(C)C)S(=O)(=O)c1ccc(NC(C)=O)cc1. The van der Waals surface area contributed by atoms with Crippen molar-refractivity contribution < 1.29 is 18.3 Å². The van der Waals surface area contributed by atoms with E-state index >= 15 is 0 Å². The number of amides is 1. The van der Waals surface area contributed by atoms with E-state index in [2.05, 4.69) is 5.32 Å². The summed E-state index contributed by atoms with van der Waals surface area (Å²) in [5.74, 6) is 0.483. The third kappa shape index (κ3) is 5.41. The van der Waals surface area contributed by atoms with Gasteiger partial charge in [-0.05, 0) is 43.7 Å². The molecule has 2 aromatic rings. The molecular formula is C21H27N2O4S. The lowest BCUT2D eigenvalue weighted by atomic mass is 9.95. The van der Waals surface area contributed by atoms with E-state index in [1.807, 2.05) is 30.3 Å². The van der Waals surface area contributed by atoms with Crippen LogP contribution in [0.15, 0.2) is 59.5 Å². The van der Waals surface area contributed by atoms with Crippen LogP contribution in [0.4, 0.5) is 5.69 Å². The number of hydrogen-bond acceptors (Lipinski definition) is 4. The van der Waals surface area contributed by atoms with Crippen LogP contribution in [0.1, 0.15) is 33.3 Å². The van der Waals surface area contributed by atoms with Crippen LogP contribution in [0.25, 0.3) is 0 Å². The molecule has 0 heterocycles. The number of anilines is 1. The Balaban J connectivity index is 2.22. The van der Waals surface area contributed by atoms with Crippen LogP contribution in [-0.2, 0) is 14.8 Å². The first-order valence-corrected chi connectivity index (χ1v) is 10.5. The van der Waals surface area contributed by atoms with E-state index in [-0.39, 0.29) is 23.4 Å². The number of aliphatic hydroxyl groups excluding tert-OH is 1. The molecule has 0 aromatic heterocycles. The average molecular weight is 404 g/mol. The van der Waals surface area contributed by atoms with Gasteiger partial charge in [-0.25, -0.2) is 8.42 Å². The van der Waals surface area contributed by atoms with Gasteiger partial charge in [-0.2, -0.15) is 4.31 Å². The van der Waals surface area contributed by atoms with E-state index in [1.165, 1.54) is 23.4 Å². The molecule has 0 bridgehead atoms. The van der Waals surface area contributed by atoms with Gasteiger partial charge in [-0.15, -0.1) is 0 Å². The number of aliphatic hydroxyl groups is 1. The zero-order valence-electron chi connectivity index (χ0n) is 16.6. The van der Waals surface area contributed by atoms with Crippen LogP contribution >= 0.6 is 0 Å².